The number of aromatic nitrogens is 1. The molecule has 0 aliphatic rings. The molecule has 25 heavy (non-hydrogen) atoms. The number of nitrogen functional groups attached to an aromatic ring is 1. The Labute approximate surface area is 145 Å². The molecule has 0 saturated heterocycles. The lowest BCUT2D eigenvalue weighted by atomic mass is 9.91. The molecule has 128 valence electrons. The predicted octanol–water partition coefficient (Wildman–Crippen LogP) is 4.41. The summed E-state index contributed by atoms with van der Waals surface area (Å²) in [5.41, 5.74) is 9.73. The Hall–Kier alpha value is -3.08. The van der Waals surface area contributed by atoms with E-state index in [-0.39, 0.29) is 11.6 Å². The van der Waals surface area contributed by atoms with Crippen LogP contribution in [0.2, 0.25) is 0 Å². The number of nitrogens with zero attached hydrogens (tertiary/aromatic N) is 1. The van der Waals surface area contributed by atoms with Gasteiger partial charge in [-0.05, 0) is 41.8 Å². The van der Waals surface area contributed by atoms with E-state index in [2.05, 4.69) is 4.98 Å². The van der Waals surface area contributed by atoms with Crippen molar-refractivity contribution in [3.05, 3.63) is 60.0 Å². The first kappa shape index (κ1) is 16.8. The second kappa shape index (κ2) is 6.81. The molecule has 0 saturated carbocycles. The Morgan fingerprint density at radius 1 is 1.12 bits per heavy atom. The van der Waals surface area contributed by atoms with Crippen LogP contribution in [0.25, 0.3) is 22.3 Å². The fourth-order valence-electron chi connectivity index (χ4n) is 2.95. The second-order valence-corrected chi connectivity index (χ2v) is 5.66. The summed E-state index contributed by atoms with van der Waals surface area (Å²) >= 11 is 0. The maximum absolute atomic E-state index is 14.6. The number of hydrogen-bond donors (Lipinski definition) is 2. The van der Waals surface area contributed by atoms with E-state index in [0.29, 0.717) is 23.3 Å². The molecule has 0 spiro atoms. The van der Waals surface area contributed by atoms with Gasteiger partial charge in [-0.1, -0.05) is 19.1 Å². The fourth-order valence-corrected chi connectivity index (χ4v) is 2.95. The minimum atomic E-state index is -0.412. The third kappa shape index (κ3) is 3.13. The van der Waals surface area contributed by atoms with Crippen molar-refractivity contribution in [1.29, 1.82) is 0 Å². The number of methoxy groups -OCH3 is 1. The summed E-state index contributed by atoms with van der Waals surface area (Å²) in [4.78, 5) is 4.26. The topological polar surface area (TPSA) is 68.4 Å². The van der Waals surface area contributed by atoms with Gasteiger partial charge in [0, 0.05) is 29.0 Å². The zero-order valence-electron chi connectivity index (χ0n) is 14.1. The van der Waals surface area contributed by atoms with Gasteiger partial charge in [-0.3, -0.25) is 0 Å². The molecule has 0 aliphatic heterocycles. The molecule has 3 aromatic rings. The molecule has 1 aromatic heterocycles. The summed E-state index contributed by atoms with van der Waals surface area (Å²) in [5.74, 6) is 0.501. The standard InChI is InChI=1S/C20H19FN2O2/c1-3-15-17(12-4-6-13(24)7-5-12)11-23-20(22)19(15)16-9-8-14(25-2)10-18(16)21/h4-11,24H,3H2,1-2H3,(H2,22,23). The highest BCUT2D eigenvalue weighted by atomic mass is 19.1. The molecule has 2 aromatic carbocycles. The largest absolute Gasteiger partial charge is 0.508 e. The number of phenolic OH excluding ortho intramolecular Hbond substituents is 1. The maximum Gasteiger partial charge on any atom is 0.134 e. The van der Waals surface area contributed by atoms with Gasteiger partial charge in [0.25, 0.3) is 0 Å². The van der Waals surface area contributed by atoms with E-state index in [1.807, 2.05) is 6.92 Å². The molecule has 0 amide bonds. The Morgan fingerprint density at radius 2 is 1.84 bits per heavy atom. The number of nitrogens with two attached hydrogens (primary N) is 1. The van der Waals surface area contributed by atoms with Gasteiger partial charge in [-0.25, -0.2) is 9.37 Å². The molecule has 0 aliphatic carbocycles. The molecule has 0 radical (unpaired) electrons. The number of pyridine rings is 1. The third-order valence-corrected chi connectivity index (χ3v) is 4.19. The van der Waals surface area contributed by atoms with Crippen molar-refractivity contribution in [1.82, 2.24) is 4.98 Å². The van der Waals surface area contributed by atoms with Crippen molar-refractivity contribution in [2.24, 2.45) is 0 Å². The molecule has 4 nitrogen and oxygen atoms in total. The molecule has 1 heterocycles. The third-order valence-electron chi connectivity index (χ3n) is 4.19. The minimum Gasteiger partial charge on any atom is -0.508 e. The number of ether oxygens (including phenoxy) is 1. The number of halogens is 1. The van der Waals surface area contributed by atoms with E-state index < -0.39 is 5.82 Å². The van der Waals surface area contributed by atoms with E-state index >= 15 is 0 Å². The normalized spacial score (nSPS) is 10.7. The predicted molar refractivity (Wildman–Crippen MR) is 97.1 cm³/mol. The van der Waals surface area contributed by atoms with Gasteiger partial charge in [0.05, 0.1) is 7.11 Å². The van der Waals surface area contributed by atoms with Crippen LogP contribution in [0.5, 0.6) is 11.5 Å². The first-order valence-electron chi connectivity index (χ1n) is 7.95. The van der Waals surface area contributed by atoms with Gasteiger partial charge in [-0.15, -0.1) is 0 Å². The number of aromatic hydroxyl groups is 1. The van der Waals surface area contributed by atoms with E-state index in [4.69, 9.17) is 10.5 Å². The van der Waals surface area contributed by atoms with Crippen LogP contribution in [0.4, 0.5) is 10.2 Å². The van der Waals surface area contributed by atoms with Gasteiger partial charge in [0.2, 0.25) is 0 Å². The van der Waals surface area contributed by atoms with Gasteiger partial charge in [0.15, 0.2) is 0 Å². The SMILES string of the molecule is CCc1c(-c2ccc(O)cc2)cnc(N)c1-c1ccc(OC)cc1F. The van der Waals surface area contributed by atoms with Gasteiger partial charge >= 0.3 is 0 Å². The molecular formula is C20H19FN2O2. The fraction of sp³-hybridized carbons (Fsp3) is 0.150. The summed E-state index contributed by atoms with van der Waals surface area (Å²) in [5, 5.41) is 9.50. The van der Waals surface area contributed by atoms with Gasteiger partial charge < -0.3 is 15.6 Å². The van der Waals surface area contributed by atoms with Gasteiger partial charge in [-0.2, -0.15) is 0 Å². The average Bonchev–Trinajstić information content (AvgIpc) is 2.62. The highest BCUT2D eigenvalue weighted by molar-refractivity contribution is 5.84. The molecule has 5 heteroatoms. The van der Waals surface area contributed by atoms with Crippen LogP contribution < -0.4 is 10.5 Å². The van der Waals surface area contributed by atoms with Crippen molar-refractivity contribution in [3.63, 3.8) is 0 Å². The summed E-state index contributed by atoms with van der Waals surface area (Å²) in [7, 11) is 1.49. The Balaban J connectivity index is 2.23. The summed E-state index contributed by atoms with van der Waals surface area (Å²) in [6.45, 7) is 1.99. The Bertz CT molecular complexity index is 908. The van der Waals surface area contributed by atoms with Crippen LogP contribution in [-0.2, 0) is 6.42 Å². The number of rotatable bonds is 4. The Morgan fingerprint density at radius 3 is 2.44 bits per heavy atom. The highest BCUT2D eigenvalue weighted by Gasteiger charge is 2.18. The Kier molecular flexibility index (Phi) is 4.57. The lowest BCUT2D eigenvalue weighted by Gasteiger charge is -2.17. The number of benzene rings is 2. The molecule has 0 atom stereocenters. The van der Waals surface area contributed by atoms with Crippen molar-refractivity contribution < 1.29 is 14.2 Å². The van der Waals surface area contributed by atoms with Crippen LogP contribution in [0, 0.1) is 5.82 Å². The second-order valence-electron chi connectivity index (χ2n) is 5.66. The van der Waals surface area contributed by atoms with Crippen molar-refractivity contribution in [2.45, 2.75) is 13.3 Å². The van der Waals surface area contributed by atoms with E-state index in [9.17, 15) is 9.50 Å². The summed E-state index contributed by atoms with van der Waals surface area (Å²) in [6, 6.07) is 11.5. The molecule has 0 bridgehead atoms. The highest BCUT2D eigenvalue weighted by Crippen LogP contribution is 2.38. The molecule has 3 N–H and O–H groups in total. The maximum atomic E-state index is 14.6. The van der Waals surface area contributed by atoms with Crippen molar-refractivity contribution >= 4 is 5.82 Å². The number of anilines is 1. The van der Waals surface area contributed by atoms with E-state index in [1.165, 1.54) is 13.2 Å². The van der Waals surface area contributed by atoms with Gasteiger partial charge in [0.1, 0.15) is 23.1 Å². The monoisotopic (exact) mass is 338 g/mol. The van der Waals surface area contributed by atoms with Crippen molar-refractivity contribution in [2.75, 3.05) is 12.8 Å². The zero-order chi connectivity index (χ0) is 18.0. The van der Waals surface area contributed by atoms with E-state index in [1.54, 1.807) is 42.6 Å². The number of phenols is 1. The smallest absolute Gasteiger partial charge is 0.134 e. The van der Waals surface area contributed by atoms with Crippen LogP contribution in [-0.4, -0.2) is 17.2 Å². The summed E-state index contributed by atoms with van der Waals surface area (Å²) < 4.78 is 19.7. The minimum absolute atomic E-state index is 0.187. The van der Waals surface area contributed by atoms with Crippen LogP contribution in [0.15, 0.2) is 48.7 Å². The molecular weight excluding hydrogens is 319 g/mol. The molecule has 0 fully saturated rings. The average molecular weight is 338 g/mol. The number of hydrogen-bond acceptors (Lipinski definition) is 4. The lowest BCUT2D eigenvalue weighted by molar-refractivity contribution is 0.411. The quantitative estimate of drug-likeness (QED) is 0.739. The first-order valence-corrected chi connectivity index (χ1v) is 7.95. The summed E-state index contributed by atoms with van der Waals surface area (Å²) in [6.07, 6.45) is 2.34. The van der Waals surface area contributed by atoms with Crippen molar-refractivity contribution in [3.8, 4) is 33.8 Å². The van der Waals surface area contributed by atoms with Crippen LogP contribution in [0.1, 0.15) is 12.5 Å². The van der Waals surface area contributed by atoms with Crippen LogP contribution >= 0.6 is 0 Å². The molecule has 0 unspecified atom stereocenters. The zero-order valence-corrected chi connectivity index (χ0v) is 14.1. The lowest BCUT2D eigenvalue weighted by Crippen LogP contribution is -2.02. The first-order chi connectivity index (χ1) is 12.0. The van der Waals surface area contributed by atoms with E-state index in [0.717, 1.165) is 16.7 Å². The molecule has 3 rings (SSSR count). The van der Waals surface area contributed by atoms with Crippen LogP contribution in [0.3, 0.4) is 0 Å².